The maximum atomic E-state index is 10.7. The van der Waals surface area contributed by atoms with Crippen LogP contribution in [0.2, 0.25) is 0 Å². The molecular weight excluding hydrogens is 264 g/mol. The molecule has 0 aliphatic carbocycles. The lowest BCUT2D eigenvalue weighted by Gasteiger charge is -2.18. The Labute approximate surface area is 125 Å². The number of hydrogen-bond donors (Lipinski definition) is 1. The van der Waals surface area contributed by atoms with Crippen molar-refractivity contribution in [2.75, 3.05) is 7.05 Å². The van der Waals surface area contributed by atoms with Gasteiger partial charge in [-0.15, -0.1) is 0 Å². The molecule has 0 aliphatic rings. The highest BCUT2D eigenvalue weighted by Crippen LogP contribution is 2.22. The number of non-ortho nitro benzene ring substituents is 1. The van der Waals surface area contributed by atoms with E-state index in [1.54, 1.807) is 12.1 Å². The Morgan fingerprint density at radius 3 is 2.29 bits per heavy atom. The molecule has 0 spiro atoms. The summed E-state index contributed by atoms with van der Waals surface area (Å²) in [4.78, 5) is 10.3. The molecule has 21 heavy (non-hydrogen) atoms. The highest BCUT2D eigenvalue weighted by atomic mass is 16.6. The van der Waals surface area contributed by atoms with Crippen LogP contribution in [-0.4, -0.2) is 12.0 Å². The van der Waals surface area contributed by atoms with Crippen LogP contribution in [0.1, 0.15) is 28.3 Å². The first kappa shape index (κ1) is 15.2. The molecule has 0 saturated heterocycles. The molecule has 2 aromatic carbocycles. The third-order valence-corrected chi connectivity index (χ3v) is 3.87. The lowest BCUT2D eigenvalue weighted by molar-refractivity contribution is -0.384. The van der Waals surface area contributed by atoms with Gasteiger partial charge >= 0.3 is 0 Å². The number of hydrogen-bond acceptors (Lipinski definition) is 3. The molecule has 2 aromatic rings. The smallest absolute Gasteiger partial charge is 0.269 e. The van der Waals surface area contributed by atoms with E-state index in [2.05, 4.69) is 37.4 Å². The van der Waals surface area contributed by atoms with Gasteiger partial charge in [0.25, 0.3) is 5.69 Å². The zero-order valence-corrected chi connectivity index (χ0v) is 12.6. The first-order valence-corrected chi connectivity index (χ1v) is 6.99. The van der Waals surface area contributed by atoms with Gasteiger partial charge in [0.1, 0.15) is 0 Å². The predicted octanol–water partition coefficient (Wildman–Crippen LogP) is 3.71. The summed E-state index contributed by atoms with van der Waals surface area (Å²) in [5.74, 6) is 0. The largest absolute Gasteiger partial charge is 0.313 e. The second-order valence-corrected chi connectivity index (χ2v) is 5.31. The Balaban J connectivity index is 2.18. The van der Waals surface area contributed by atoms with Gasteiger partial charge in [0.15, 0.2) is 0 Å². The van der Waals surface area contributed by atoms with E-state index < -0.39 is 0 Å². The molecule has 0 aliphatic heterocycles. The molecule has 0 saturated carbocycles. The van der Waals surface area contributed by atoms with Crippen LogP contribution < -0.4 is 5.32 Å². The first-order chi connectivity index (χ1) is 10.0. The third-order valence-electron chi connectivity index (χ3n) is 3.87. The van der Waals surface area contributed by atoms with Gasteiger partial charge in [-0.2, -0.15) is 0 Å². The zero-order valence-electron chi connectivity index (χ0n) is 12.6. The fourth-order valence-electron chi connectivity index (χ4n) is 2.36. The van der Waals surface area contributed by atoms with E-state index in [0.29, 0.717) is 0 Å². The number of nitrogens with one attached hydrogen (secondary N) is 1. The van der Waals surface area contributed by atoms with Crippen LogP contribution >= 0.6 is 0 Å². The molecule has 2 rings (SSSR count). The van der Waals surface area contributed by atoms with Gasteiger partial charge in [0, 0.05) is 18.2 Å². The molecular formula is C17H20N2O2. The minimum atomic E-state index is -0.372. The molecule has 1 unspecified atom stereocenters. The van der Waals surface area contributed by atoms with Crippen molar-refractivity contribution in [3.8, 4) is 0 Å². The minimum Gasteiger partial charge on any atom is -0.313 e. The Bertz CT molecular complexity index is 636. The van der Waals surface area contributed by atoms with E-state index in [1.807, 2.05) is 19.2 Å². The number of rotatable bonds is 5. The van der Waals surface area contributed by atoms with Gasteiger partial charge in [-0.3, -0.25) is 10.1 Å². The summed E-state index contributed by atoms with van der Waals surface area (Å²) in [6, 6.07) is 13.4. The summed E-state index contributed by atoms with van der Waals surface area (Å²) >= 11 is 0. The molecule has 1 atom stereocenters. The van der Waals surface area contributed by atoms with E-state index in [0.717, 1.165) is 12.0 Å². The molecule has 0 aromatic heterocycles. The van der Waals surface area contributed by atoms with Crippen LogP contribution in [0.3, 0.4) is 0 Å². The summed E-state index contributed by atoms with van der Waals surface area (Å²) < 4.78 is 0. The topological polar surface area (TPSA) is 55.2 Å². The number of aryl methyl sites for hydroxylation is 2. The van der Waals surface area contributed by atoms with E-state index >= 15 is 0 Å². The summed E-state index contributed by atoms with van der Waals surface area (Å²) in [7, 11) is 1.94. The van der Waals surface area contributed by atoms with Crippen LogP contribution in [-0.2, 0) is 6.42 Å². The average molecular weight is 284 g/mol. The first-order valence-electron chi connectivity index (χ1n) is 6.99. The minimum absolute atomic E-state index is 0.130. The second-order valence-electron chi connectivity index (χ2n) is 5.31. The standard InChI is InChI=1S/C17H20N2O2/c1-12-4-7-15(10-13(12)2)17(18-3)11-14-5-8-16(9-6-14)19(20)21/h4-10,17-18H,11H2,1-3H3. The third kappa shape index (κ3) is 3.67. The lowest BCUT2D eigenvalue weighted by atomic mass is 9.96. The molecule has 0 fully saturated rings. The quantitative estimate of drug-likeness (QED) is 0.672. The van der Waals surface area contributed by atoms with Crippen LogP contribution in [0.5, 0.6) is 0 Å². The summed E-state index contributed by atoms with van der Waals surface area (Å²) in [5.41, 5.74) is 5.00. The predicted molar refractivity (Wildman–Crippen MR) is 84.5 cm³/mol. The monoisotopic (exact) mass is 284 g/mol. The van der Waals surface area contributed by atoms with Crippen LogP contribution in [0.25, 0.3) is 0 Å². The molecule has 0 heterocycles. The SMILES string of the molecule is CNC(Cc1ccc([N+](=O)[O-])cc1)c1ccc(C)c(C)c1. The molecule has 4 heteroatoms. The fourth-order valence-corrected chi connectivity index (χ4v) is 2.36. The van der Waals surface area contributed by atoms with E-state index in [4.69, 9.17) is 0 Å². The van der Waals surface area contributed by atoms with Crippen LogP contribution in [0, 0.1) is 24.0 Å². The van der Waals surface area contributed by atoms with Crippen LogP contribution in [0.15, 0.2) is 42.5 Å². The Morgan fingerprint density at radius 2 is 1.76 bits per heavy atom. The van der Waals surface area contributed by atoms with Crippen molar-refractivity contribution >= 4 is 5.69 Å². The Morgan fingerprint density at radius 1 is 1.10 bits per heavy atom. The summed E-state index contributed by atoms with van der Waals surface area (Å²) in [6.45, 7) is 4.21. The van der Waals surface area contributed by atoms with Gasteiger partial charge in [0.2, 0.25) is 0 Å². The van der Waals surface area contributed by atoms with Gasteiger partial charge in [-0.1, -0.05) is 30.3 Å². The highest BCUT2D eigenvalue weighted by Gasteiger charge is 2.12. The fraction of sp³-hybridized carbons (Fsp3) is 0.294. The van der Waals surface area contributed by atoms with Crippen molar-refractivity contribution in [1.29, 1.82) is 0 Å². The molecule has 0 amide bonds. The average Bonchev–Trinajstić information content (AvgIpc) is 2.48. The van der Waals surface area contributed by atoms with E-state index in [9.17, 15) is 10.1 Å². The number of nitro groups is 1. The number of nitro benzene ring substituents is 1. The van der Waals surface area contributed by atoms with Gasteiger partial charge in [-0.05, 0) is 49.6 Å². The highest BCUT2D eigenvalue weighted by molar-refractivity contribution is 5.35. The van der Waals surface area contributed by atoms with Gasteiger partial charge in [-0.25, -0.2) is 0 Å². The Hall–Kier alpha value is -2.20. The van der Waals surface area contributed by atoms with Gasteiger partial charge in [0.05, 0.1) is 4.92 Å². The molecule has 110 valence electrons. The van der Waals surface area contributed by atoms with Crippen molar-refractivity contribution in [3.63, 3.8) is 0 Å². The molecule has 4 nitrogen and oxygen atoms in total. The molecule has 0 bridgehead atoms. The van der Waals surface area contributed by atoms with Crippen molar-refractivity contribution < 1.29 is 4.92 Å². The number of benzene rings is 2. The van der Waals surface area contributed by atoms with Crippen molar-refractivity contribution in [2.24, 2.45) is 0 Å². The lowest BCUT2D eigenvalue weighted by Crippen LogP contribution is -2.19. The zero-order chi connectivity index (χ0) is 15.4. The second kappa shape index (κ2) is 6.50. The maximum Gasteiger partial charge on any atom is 0.269 e. The number of nitrogens with zero attached hydrogens (tertiary/aromatic N) is 1. The maximum absolute atomic E-state index is 10.7. The summed E-state index contributed by atoms with van der Waals surface area (Å²) in [6.07, 6.45) is 0.803. The molecule has 1 N–H and O–H groups in total. The Kier molecular flexibility index (Phi) is 4.70. The van der Waals surface area contributed by atoms with E-state index in [-0.39, 0.29) is 16.7 Å². The van der Waals surface area contributed by atoms with Crippen molar-refractivity contribution in [3.05, 3.63) is 74.8 Å². The number of likely N-dealkylation sites (N-methyl/N-ethyl adjacent to an activating group) is 1. The van der Waals surface area contributed by atoms with Crippen molar-refractivity contribution in [1.82, 2.24) is 5.32 Å². The van der Waals surface area contributed by atoms with Crippen LogP contribution in [0.4, 0.5) is 5.69 Å². The molecule has 0 radical (unpaired) electrons. The van der Waals surface area contributed by atoms with Crippen molar-refractivity contribution in [2.45, 2.75) is 26.3 Å². The van der Waals surface area contributed by atoms with E-state index in [1.165, 1.54) is 16.7 Å². The normalized spacial score (nSPS) is 12.1. The van der Waals surface area contributed by atoms with Gasteiger partial charge < -0.3 is 5.32 Å². The summed E-state index contributed by atoms with van der Waals surface area (Å²) in [5, 5.41) is 14.0.